The average Bonchev–Trinajstić information content (AvgIpc) is 3.84. The highest BCUT2D eigenvalue weighted by molar-refractivity contribution is 6.11. The monoisotopic (exact) mass is 642 g/mol. The summed E-state index contributed by atoms with van der Waals surface area (Å²) in [5, 5.41) is 5.90. The lowest BCUT2D eigenvalue weighted by Crippen LogP contribution is -2.12. The molecule has 1 aliphatic rings. The molecule has 0 fully saturated rings. The van der Waals surface area contributed by atoms with Gasteiger partial charge >= 0.3 is 0 Å². The van der Waals surface area contributed by atoms with E-state index in [2.05, 4.69) is 149 Å². The molecule has 0 bridgehead atoms. The summed E-state index contributed by atoms with van der Waals surface area (Å²) in [4.78, 5) is 2.38. The first-order chi connectivity index (χ1) is 24.8. The number of anilines is 3. The first kappa shape index (κ1) is 27.4. The number of fused-ring (bicyclic) bond motifs is 11. The van der Waals surface area contributed by atoms with Crippen LogP contribution in [0.1, 0.15) is 11.3 Å². The summed E-state index contributed by atoms with van der Waals surface area (Å²) in [5.41, 5.74) is 13.3. The van der Waals surface area contributed by atoms with Gasteiger partial charge in [-0.05, 0) is 84.3 Å². The highest BCUT2D eigenvalue weighted by atomic mass is 16.3. The van der Waals surface area contributed by atoms with Crippen LogP contribution in [0.25, 0.3) is 71.5 Å². The van der Waals surface area contributed by atoms with E-state index in [4.69, 9.17) is 8.83 Å². The van der Waals surface area contributed by atoms with Crippen molar-refractivity contribution >= 4 is 71.8 Å². The summed E-state index contributed by atoms with van der Waals surface area (Å²) in [6.07, 6.45) is 1.81. The molecule has 0 N–H and O–H groups in total. The molecule has 4 nitrogen and oxygen atoms in total. The maximum absolute atomic E-state index is 6.42. The van der Waals surface area contributed by atoms with Crippen LogP contribution in [0.4, 0.5) is 17.1 Å². The van der Waals surface area contributed by atoms with E-state index >= 15 is 0 Å². The third-order valence-electron chi connectivity index (χ3n) is 10.5. The minimum atomic E-state index is 0.876. The van der Waals surface area contributed by atoms with Crippen molar-refractivity contribution in [3.8, 4) is 16.8 Å². The molecular weight excluding hydrogens is 613 g/mol. The second kappa shape index (κ2) is 10.5. The molecule has 7 aromatic carbocycles. The van der Waals surface area contributed by atoms with Gasteiger partial charge in [-0.1, -0.05) is 84.9 Å². The fourth-order valence-corrected chi connectivity index (χ4v) is 8.24. The third kappa shape index (κ3) is 3.99. The van der Waals surface area contributed by atoms with Gasteiger partial charge in [0.15, 0.2) is 0 Å². The van der Waals surface area contributed by atoms with Gasteiger partial charge in [-0.15, -0.1) is 0 Å². The molecule has 50 heavy (non-hydrogen) atoms. The Balaban J connectivity index is 1.15. The second-order valence-corrected chi connectivity index (χ2v) is 13.2. The fraction of sp³-hybridized carbons (Fsp3) is 0.0435. The molecule has 4 heteroatoms. The van der Waals surface area contributed by atoms with Crippen LogP contribution in [-0.2, 0) is 12.8 Å². The van der Waals surface area contributed by atoms with Crippen LogP contribution >= 0.6 is 0 Å². The van der Waals surface area contributed by atoms with Gasteiger partial charge in [0.25, 0.3) is 0 Å². The zero-order valence-electron chi connectivity index (χ0n) is 27.1. The summed E-state index contributed by atoms with van der Waals surface area (Å²) in [6, 6.07) is 56.4. The van der Waals surface area contributed by atoms with Crippen LogP contribution in [0.15, 0.2) is 167 Å². The molecule has 0 aliphatic heterocycles. The van der Waals surface area contributed by atoms with Gasteiger partial charge in [-0.3, -0.25) is 0 Å². The molecule has 3 heterocycles. The molecule has 10 aromatic rings. The van der Waals surface area contributed by atoms with E-state index in [1.54, 1.807) is 0 Å². The van der Waals surface area contributed by atoms with Crippen LogP contribution < -0.4 is 4.90 Å². The van der Waals surface area contributed by atoms with E-state index in [1.807, 2.05) is 18.2 Å². The predicted molar refractivity (Wildman–Crippen MR) is 205 cm³/mol. The van der Waals surface area contributed by atoms with Crippen LogP contribution in [0.3, 0.4) is 0 Å². The Kier molecular flexibility index (Phi) is 5.75. The van der Waals surface area contributed by atoms with E-state index in [0.717, 1.165) is 74.4 Å². The topological polar surface area (TPSA) is 34.5 Å². The zero-order valence-corrected chi connectivity index (χ0v) is 27.1. The molecule has 1 aliphatic carbocycles. The number of furan rings is 2. The van der Waals surface area contributed by atoms with E-state index in [9.17, 15) is 0 Å². The van der Waals surface area contributed by atoms with Gasteiger partial charge in [0.05, 0.1) is 11.0 Å². The van der Waals surface area contributed by atoms with Crippen LogP contribution in [0.5, 0.6) is 0 Å². The standard InChI is InChI=1S/C46H30N2O2/c1-2-10-30(11-3-1)48-40-15-7-4-12-35(40)36-23-20-32(27-41(36)48)47(33-21-24-38-37-13-5-8-16-42(37)50-45(38)28-33)31-19-22-34-29(26-31)18-25-44-46(34)39-14-6-9-17-43(39)49-44/h1-17,19-24,26-28H,18,25H2. The van der Waals surface area contributed by atoms with Gasteiger partial charge in [0.1, 0.15) is 22.5 Å². The van der Waals surface area contributed by atoms with Crippen molar-refractivity contribution < 1.29 is 8.83 Å². The number of benzene rings is 7. The third-order valence-corrected chi connectivity index (χ3v) is 10.5. The van der Waals surface area contributed by atoms with E-state index in [0.29, 0.717) is 0 Å². The van der Waals surface area contributed by atoms with E-state index in [-0.39, 0.29) is 0 Å². The molecule has 0 atom stereocenters. The maximum atomic E-state index is 6.42. The highest BCUT2D eigenvalue weighted by Crippen LogP contribution is 2.45. The first-order valence-corrected chi connectivity index (χ1v) is 17.2. The Bertz CT molecular complexity index is 2940. The van der Waals surface area contributed by atoms with Crippen LogP contribution in [0.2, 0.25) is 0 Å². The average molecular weight is 643 g/mol. The summed E-state index contributed by atoms with van der Waals surface area (Å²) < 4.78 is 15.1. The van der Waals surface area contributed by atoms with Crippen molar-refractivity contribution in [2.24, 2.45) is 0 Å². The number of hydrogen-bond acceptors (Lipinski definition) is 3. The Labute approximate surface area is 288 Å². The number of para-hydroxylation sites is 4. The maximum Gasteiger partial charge on any atom is 0.137 e. The molecule has 3 aromatic heterocycles. The molecule has 0 saturated heterocycles. The Morgan fingerprint density at radius 1 is 0.440 bits per heavy atom. The lowest BCUT2D eigenvalue weighted by molar-refractivity contribution is 0.546. The van der Waals surface area contributed by atoms with Gasteiger partial charge in [-0.2, -0.15) is 0 Å². The summed E-state index contributed by atoms with van der Waals surface area (Å²) in [6.45, 7) is 0. The smallest absolute Gasteiger partial charge is 0.137 e. The number of aryl methyl sites for hydroxylation is 2. The minimum absolute atomic E-state index is 0.876. The molecule has 0 spiro atoms. The molecule has 0 unspecified atom stereocenters. The van der Waals surface area contributed by atoms with Crippen molar-refractivity contribution in [2.75, 3.05) is 4.90 Å². The Morgan fingerprint density at radius 3 is 1.92 bits per heavy atom. The highest BCUT2D eigenvalue weighted by Gasteiger charge is 2.25. The van der Waals surface area contributed by atoms with Gasteiger partial charge in [-0.25, -0.2) is 0 Å². The van der Waals surface area contributed by atoms with Gasteiger partial charge in [0.2, 0.25) is 0 Å². The normalized spacial score (nSPS) is 12.6. The predicted octanol–water partition coefficient (Wildman–Crippen LogP) is 12.7. The van der Waals surface area contributed by atoms with Crippen molar-refractivity contribution in [2.45, 2.75) is 12.8 Å². The minimum Gasteiger partial charge on any atom is -0.460 e. The molecule has 0 amide bonds. The summed E-state index contributed by atoms with van der Waals surface area (Å²) in [7, 11) is 0. The Hall–Kier alpha value is -6.52. The SMILES string of the molecule is c1ccc(-n2c3ccccc3c3ccc(N(c4ccc5c(c4)CCc4oc6ccccc6c4-5)c4ccc5c(c4)oc4ccccc45)cc32)cc1. The van der Waals surface area contributed by atoms with Crippen LogP contribution in [-0.4, -0.2) is 4.57 Å². The first-order valence-electron chi connectivity index (χ1n) is 17.2. The van der Waals surface area contributed by atoms with Gasteiger partial charge in [0, 0.05) is 67.7 Å². The summed E-state index contributed by atoms with van der Waals surface area (Å²) in [5.74, 6) is 1.08. The number of rotatable bonds is 4. The molecule has 0 saturated carbocycles. The summed E-state index contributed by atoms with van der Waals surface area (Å²) >= 11 is 0. The van der Waals surface area contributed by atoms with E-state index < -0.39 is 0 Å². The number of hydrogen-bond donors (Lipinski definition) is 0. The molecule has 0 radical (unpaired) electrons. The van der Waals surface area contributed by atoms with Crippen LogP contribution in [0, 0.1) is 0 Å². The fourth-order valence-electron chi connectivity index (χ4n) is 8.24. The van der Waals surface area contributed by atoms with Crippen molar-refractivity contribution in [1.29, 1.82) is 0 Å². The van der Waals surface area contributed by atoms with Crippen molar-refractivity contribution in [3.05, 3.63) is 169 Å². The molecular formula is C46H30N2O2. The molecule has 11 rings (SSSR count). The van der Waals surface area contributed by atoms with Crippen molar-refractivity contribution in [3.63, 3.8) is 0 Å². The molecule has 236 valence electrons. The van der Waals surface area contributed by atoms with Crippen molar-refractivity contribution in [1.82, 2.24) is 4.57 Å². The second-order valence-electron chi connectivity index (χ2n) is 13.2. The lowest BCUT2D eigenvalue weighted by Gasteiger charge is -2.27. The number of aromatic nitrogens is 1. The quantitative estimate of drug-likeness (QED) is 0.192. The Morgan fingerprint density at radius 2 is 1.06 bits per heavy atom. The van der Waals surface area contributed by atoms with Gasteiger partial charge < -0.3 is 18.3 Å². The zero-order chi connectivity index (χ0) is 32.8. The largest absolute Gasteiger partial charge is 0.460 e. The number of nitrogens with zero attached hydrogens (tertiary/aromatic N) is 2. The lowest BCUT2D eigenvalue weighted by atomic mass is 9.88. The van der Waals surface area contributed by atoms with E-state index in [1.165, 1.54) is 38.4 Å².